The monoisotopic (exact) mass is 875 g/mol. The van der Waals surface area contributed by atoms with Gasteiger partial charge in [0, 0.05) is 16.9 Å². The highest BCUT2D eigenvalue weighted by Crippen LogP contribution is 2.48. The number of para-hydroxylation sites is 1. The average Bonchev–Trinajstić information content (AvgIpc) is 3.43. The van der Waals surface area contributed by atoms with E-state index in [0.29, 0.717) is 0 Å². The molecule has 0 radical (unpaired) electrons. The zero-order valence-corrected chi connectivity index (χ0v) is 37.9. The molecule has 0 aliphatic rings. The molecule has 1 nitrogen and oxygen atoms in total. The second-order valence-corrected chi connectivity index (χ2v) is 18.0. The summed E-state index contributed by atoms with van der Waals surface area (Å²) in [5, 5.41) is 12.5. The molecule has 13 rings (SSSR count). The number of hydrogen-bond donors (Lipinski definition) is 0. The van der Waals surface area contributed by atoms with Crippen LogP contribution in [0.2, 0.25) is 0 Å². The van der Waals surface area contributed by atoms with Crippen molar-refractivity contribution < 1.29 is 0 Å². The molecule has 69 heavy (non-hydrogen) atoms. The van der Waals surface area contributed by atoms with Gasteiger partial charge in [-0.1, -0.05) is 224 Å². The lowest BCUT2D eigenvalue weighted by atomic mass is 9.84. The summed E-state index contributed by atoms with van der Waals surface area (Å²) in [4.78, 5) is 2.43. The largest absolute Gasteiger partial charge is 0.310 e. The summed E-state index contributed by atoms with van der Waals surface area (Å²) >= 11 is 0. The second kappa shape index (κ2) is 17.0. The van der Waals surface area contributed by atoms with Crippen molar-refractivity contribution in [2.75, 3.05) is 4.90 Å². The van der Waals surface area contributed by atoms with Gasteiger partial charge in [0.15, 0.2) is 0 Å². The smallest absolute Gasteiger partial charge is 0.0540 e. The zero-order valence-electron chi connectivity index (χ0n) is 37.9. The number of hydrogen-bond acceptors (Lipinski definition) is 1. The molecule has 13 aromatic carbocycles. The van der Waals surface area contributed by atoms with Gasteiger partial charge in [-0.15, -0.1) is 0 Å². The predicted molar refractivity (Wildman–Crippen MR) is 296 cm³/mol. The maximum Gasteiger partial charge on any atom is 0.0540 e. The zero-order chi connectivity index (χ0) is 45.7. The van der Waals surface area contributed by atoms with Gasteiger partial charge in [-0.2, -0.15) is 0 Å². The molecule has 0 bridgehead atoms. The lowest BCUT2D eigenvalue weighted by Gasteiger charge is -2.28. The molecule has 0 amide bonds. The molecule has 0 aromatic heterocycles. The van der Waals surface area contributed by atoms with Crippen LogP contribution < -0.4 is 4.90 Å². The van der Waals surface area contributed by atoms with Crippen LogP contribution in [0.1, 0.15) is 0 Å². The molecule has 0 atom stereocenters. The van der Waals surface area contributed by atoms with E-state index in [4.69, 9.17) is 0 Å². The Morgan fingerprint density at radius 1 is 0.203 bits per heavy atom. The highest BCUT2D eigenvalue weighted by atomic mass is 15.1. The Morgan fingerprint density at radius 2 is 0.681 bits per heavy atom. The fourth-order valence-corrected chi connectivity index (χ4v) is 10.8. The maximum atomic E-state index is 2.43. The van der Waals surface area contributed by atoms with E-state index >= 15 is 0 Å². The van der Waals surface area contributed by atoms with Gasteiger partial charge in [0.2, 0.25) is 0 Å². The first-order valence-corrected chi connectivity index (χ1v) is 23.8. The van der Waals surface area contributed by atoms with E-state index in [9.17, 15) is 0 Å². The Kier molecular flexibility index (Phi) is 9.91. The van der Waals surface area contributed by atoms with Crippen LogP contribution in [0, 0.1) is 0 Å². The van der Waals surface area contributed by atoms with Crippen LogP contribution in [-0.2, 0) is 0 Å². The Labute approximate surface area is 402 Å². The van der Waals surface area contributed by atoms with E-state index in [-0.39, 0.29) is 0 Å². The Balaban J connectivity index is 1.00. The summed E-state index contributed by atoms with van der Waals surface area (Å²) in [6, 6.07) is 100. The lowest BCUT2D eigenvalue weighted by Crippen LogP contribution is -2.11. The van der Waals surface area contributed by atoms with Crippen molar-refractivity contribution >= 4 is 70.9 Å². The Morgan fingerprint density at radius 3 is 1.38 bits per heavy atom. The molecule has 0 saturated heterocycles. The third-order valence-electron chi connectivity index (χ3n) is 14.0. The first-order chi connectivity index (χ1) is 34.2. The standard InChI is InChI=1S/C68H45N/c1-3-18-49(19-4-1)67-63-29-14-13-27-60(63)62-42-37-54(45-65(62)68(67)50-20-5-2-6-21-50)58-25-15-16-30-66(58)69(55-38-33-47(34-39-55)52-32-31-46-17-7-8-22-51(46)43-52)56-40-35-48(36-41-56)64-44-53-23-9-10-24-57(53)59-26-11-12-28-61(59)64/h1-45H. The topological polar surface area (TPSA) is 3.24 Å². The fraction of sp³-hybridized carbons (Fsp3) is 0. The molecule has 0 fully saturated rings. The predicted octanol–water partition coefficient (Wildman–Crippen LogP) is 19.3. The summed E-state index contributed by atoms with van der Waals surface area (Å²) in [6.45, 7) is 0. The SMILES string of the molecule is c1ccc(-c2c(-c3ccccc3)c3cc(-c4ccccc4N(c4ccc(-c5ccc6ccccc6c5)cc4)c4ccc(-c5cc6ccccc6c6ccccc56)cc4)ccc3c3ccccc23)cc1. The molecule has 0 saturated carbocycles. The van der Waals surface area contributed by atoms with Crippen molar-refractivity contribution in [1.82, 2.24) is 0 Å². The Bertz CT molecular complexity index is 4040. The number of benzene rings is 13. The van der Waals surface area contributed by atoms with Gasteiger partial charge in [0.1, 0.15) is 0 Å². The molecule has 0 heterocycles. The van der Waals surface area contributed by atoms with E-state index in [1.54, 1.807) is 0 Å². The summed E-state index contributed by atoms with van der Waals surface area (Å²) in [5.74, 6) is 0. The molecular formula is C68H45N. The van der Waals surface area contributed by atoms with Crippen molar-refractivity contribution in [3.8, 4) is 55.6 Å². The molecule has 0 N–H and O–H groups in total. The molecule has 0 spiro atoms. The summed E-state index contributed by atoms with van der Waals surface area (Å²) in [7, 11) is 0. The van der Waals surface area contributed by atoms with Gasteiger partial charge in [-0.3, -0.25) is 0 Å². The van der Waals surface area contributed by atoms with Crippen molar-refractivity contribution in [3.05, 3.63) is 273 Å². The van der Waals surface area contributed by atoms with Crippen LogP contribution in [0.15, 0.2) is 273 Å². The van der Waals surface area contributed by atoms with E-state index in [1.807, 2.05) is 0 Å². The van der Waals surface area contributed by atoms with Gasteiger partial charge < -0.3 is 4.90 Å². The maximum absolute atomic E-state index is 2.43. The minimum Gasteiger partial charge on any atom is -0.310 e. The molecule has 322 valence electrons. The average molecular weight is 876 g/mol. The van der Waals surface area contributed by atoms with Crippen LogP contribution in [0.3, 0.4) is 0 Å². The summed E-state index contributed by atoms with van der Waals surface area (Å²) in [6.07, 6.45) is 0. The van der Waals surface area contributed by atoms with Gasteiger partial charge in [0.05, 0.1) is 5.69 Å². The molecule has 1 heteroatoms. The van der Waals surface area contributed by atoms with E-state index in [1.165, 1.54) is 98.4 Å². The normalized spacial score (nSPS) is 11.5. The van der Waals surface area contributed by atoms with Crippen LogP contribution in [0.25, 0.3) is 109 Å². The molecule has 0 unspecified atom stereocenters. The summed E-state index contributed by atoms with van der Waals surface area (Å²) in [5.41, 5.74) is 15.3. The minimum atomic E-state index is 1.08. The first-order valence-electron chi connectivity index (χ1n) is 23.8. The summed E-state index contributed by atoms with van der Waals surface area (Å²) < 4.78 is 0. The highest BCUT2D eigenvalue weighted by Gasteiger charge is 2.22. The Hall–Kier alpha value is -9.04. The van der Waals surface area contributed by atoms with Crippen molar-refractivity contribution in [3.63, 3.8) is 0 Å². The quantitative estimate of drug-likeness (QED) is 0.138. The lowest BCUT2D eigenvalue weighted by molar-refractivity contribution is 1.28. The van der Waals surface area contributed by atoms with E-state index in [0.717, 1.165) is 28.2 Å². The third-order valence-corrected chi connectivity index (χ3v) is 14.0. The van der Waals surface area contributed by atoms with Gasteiger partial charge >= 0.3 is 0 Å². The third kappa shape index (κ3) is 7.12. The van der Waals surface area contributed by atoms with Crippen molar-refractivity contribution in [2.24, 2.45) is 0 Å². The number of rotatable bonds is 8. The fourth-order valence-electron chi connectivity index (χ4n) is 10.8. The van der Waals surface area contributed by atoms with E-state index in [2.05, 4.69) is 278 Å². The van der Waals surface area contributed by atoms with Gasteiger partial charge in [0.25, 0.3) is 0 Å². The molecule has 0 aliphatic carbocycles. The first kappa shape index (κ1) is 40.3. The van der Waals surface area contributed by atoms with Crippen LogP contribution in [0.4, 0.5) is 17.1 Å². The number of nitrogens with zero attached hydrogens (tertiary/aromatic N) is 1. The second-order valence-electron chi connectivity index (χ2n) is 18.0. The molecule has 13 aromatic rings. The molecular weight excluding hydrogens is 831 g/mol. The van der Waals surface area contributed by atoms with Crippen molar-refractivity contribution in [1.29, 1.82) is 0 Å². The van der Waals surface area contributed by atoms with Gasteiger partial charge in [-0.25, -0.2) is 0 Å². The van der Waals surface area contributed by atoms with E-state index < -0.39 is 0 Å². The number of fused-ring (bicyclic) bond motifs is 7. The highest BCUT2D eigenvalue weighted by molar-refractivity contribution is 6.22. The van der Waals surface area contributed by atoms with Gasteiger partial charge in [-0.05, 0) is 152 Å². The van der Waals surface area contributed by atoms with Crippen LogP contribution >= 0.6 is 0 Å². The van der Waals surface area contributed by atoms with Crippen molar-refractivity contribution in [2.45, 2.75) is 0 Å². The van der Waals surface area contributed by atoms with Crippen LogP contribution in [0.5, 0.6) is 0 Å². The minimum absolute atomic E-state index is 1.08. The number of anilines is 3. The van der Waals surface area contributed by atoms with Crippen LogP contribution in [-0.4, -0.2) is 0 Å². The molecule has 0 aliphatic heterocycles.